The van der Waals surface area contributed by atoms with Crippen LogP contribution >= 0.6 is 0 Å². The molecule has 0 saturated heterocycles. The quantitative estimate of drug-likeness (QED) is 0.171. The van der Waals surface area contributed by atoms with E-state index in [2.05, 4.69) is 42.5 Å². The average molecular weight is 500 g/mol. The molecule has 0 saturated carbocycles. The molecule has 2 rings (SSSR count). The van der Waals surface area contributed by atoms with Crippen molar-refractivity contribution < 1.29 is 30.5 Å². The summed E-state index contributed by atoms with van der Waals surface area (Å²) < 4.78 is 10.9. The van der Waals surface area contributed by atoms with E-state index < -0.39 is 0 Å². The largest absolute Gasteiger partial charge is 0.457 e. The summed E-state index contributed by atoms with van der Waals surface area (Å²) in [6.07, 6.45) is 15.8. The number of hydrogen-bond acceptors (Lipinski definition) is 2. The SMILES string of the molecule is CN(C)/C=C/C=C/C(=C/C=C/C=[N+](C)C)Oc1ccc([I+]c2ccccc2)cc1. The van der Waals surface area contributed by atoms with Gasteiger partial charge in [-0.05, 0) is 60.8 Å². The van der Waals surface area contributed by atoms with Gasteiger partial charge in [0.1, 0.15) is 25.6 Å². The Kier molecular flexibility index (Phi) is 10.00. The van der Waals surface area contributed by atoms with Crippen LogP contribution in [0.1, 0.15) is 0 Å². The Morgan fingerprint density at radius 3 is 2.21 bits per heavy atom. The van der Waals surface area contributed by atoms with E-state index in [0.29, 0.717) is 0 Å². The van der Waals surface area contributed by atoms with Gasteiger partial charge < -0.3 is 9.64 Å². The third-order valence-corrected chi connectivity index (χ3v) is 6.20. The third-order valence-electron chi connectivity index (χ3n) is 3.51. The van der Waals surface area contributed by atoms with Crippen molar-refractivity contribution in [3.63, 3.8) is 0 Å². The number of nitrogens with zero attached hydrogens (tertiary/aromatic N) is 2. The molecule has 0 unspecified atom stereocenters. The molecule has 0 radical (unpaired) electrons. The number of hydrogen-bond donors (Lipinski definition) is 0. The van der Waals surface area contributed by atoms with Crippen LogP contribution < -0.4 is 25.9 Å². The van der Waals surface area contributed by atoms with Gasteiger partial charge in [-0.15, -0.1) is 0 Å². The van der Waals surface area contributed by atoms with Gasteiger partial charge in [-0.25, -0.2) is 4.58 Å². The summed E-state index contributed by atoms with van der Waals surface area (Å²) in [6, 6.07) is 19.1. The second kappa shape index (κ2) is 12.8. The van der Waals surface area contributed by atoms with Crippen LogP contribution in [0.5, 0.6) is 5.75 Å². The van der Waals surface area contributed by atoms with Crippen LogP contribution in [-0.4, -0.2) is 43.9 Å². The van der Waals surface area contributed by atoms with Crippen molar-refractivity contribution in [1.82, 2.24) is 4.90 Å². The van der Waals surface area contributed by atoms with E-state index in [0.717, 1.165) is 11.5 Å². The second-order valence-electron chi connectivity index (χ2n) is 6.68. The fraction of sp³-hybridized carbons (Fsp3) is 0.160. The molecule has 0 amide bonds. The smallest absolute Gasteiger partial charge is 0.357 e. The first-order valence-corrected chi connectivity index (χ1v) is 11.6. The highest BCUT2D eigenvalue weighted by Crippen LogP contribution is 2.14. The normalized spacial score (nSPS) is 12.1. The zero-order chi connectivity index (χ0) is 20.9. The molecule has 0 aliphatic heterocycles. The monoisotopic (exact) mass is 500 g/mol. The van der Waals surface area contributed by atoms with Gasteiger partial charge in [0.05, 0.1) is 0 Å². The average Bonchev–Trinajstić information content (AvgIpc) is 2.70. The topological polar surface area (TPSA) is 15.5 Å². The van der Waals surface area contributed by atoms with Crippen LogP contribution in [0.2, 0.25) is 0 Å². The molecule has 2 aromatic carbocycles. The number of allylic oxidation sites excluding steroid dienone is 6. The van der Waals surface area contributed by atoms with Crippen molar-refractivity contribution in [3.05, 3.63) is 110 Å². The van der Waals surface area contributed by atoms with Crippen LogP contribution in [0.15, 0.2) is 103 Å². The van der Waals surface area contributed by atoms with E-state index in [4.69, 9.17) is 4.74 Å². The molecule has 0 bridgehead atoms. The Morgan fingerprint density at radius 2 is 1.55 bits per heavy atom. The number of benzene rings is 2. The highest BCUT2D eigenvalue weighted by molar-refractivity contribution is 5.66. The third kappa shape index (κ3) is 9.94. The van der Waals surface area contributed by atoms with Gasteiger partial charge in [0.2, 0.25) is 0 Å². The van der Waals surface area contributed by atoms with Crippen molar-refractivity contribution in [2.24, 2.45) is 0 Å². The number of rotatable bonds is 9. The van der Waals surface area contributed by atoms with Gasteiger partial charge in [0.25, 0.3) is 0 Å². The first-order chi connectivity index (χ1) is 14.0. The zero-order valence-corrected chi connectivity index (χ0v) is 19.7. The summed E-state index contributed by atoms with van der Waals surface area (Å²) in [5.74, 6) is 1.62. The van der Waals surface area contributed by atoms with Crippen LogP contribution in [-0.2, 0) is 0 Å². The Balaban J connectivity index is 2.09. The van der Waals surface area contributed by atoms with Gasteiger partial charge in [-0.3, -0.25) is 0 Å². The maximum atomic E-state index is 6.09. The minimum absolute atomic E-state index is 0.160. The standard InChI is InChI=1S/C25H29IN2O/c1-27(2)20-10-8-14-24(15-9-11-21-28(3)4)29-25-18-16-23(17-19-25)26-22-12-6-5-7-13-22/h5-21H,1-4H3/q+2. The molecule has 0 atom stereocenters. The van der Waals surface area contributed by atoms with E-state index >= 15 is 0 Å². The van der Waals surface area contributed by atoms with E-state index in [1.54, 1.807) is 0 Å². The lowest BCUT2D eigenvalue weighted by Crippen LogP contribution is -3.61. The molecule has 0 N–H and O–H groups in total. The van der Waals surface area contributed by atoms with E-state index in [9.17, 15) is 0 Å². The van der Waals surface area contributed by atoms with Gasteiger partial charge in [0, 0.05) is 20.2 Å². The molecular weight excluding hydrogens is 471 g/mol. The predicted octanol–water partition coefficient (Wildman–Crippen LogP) is 1.61. The summed E-state index contributed by atoms with van der Waals surface area (Å²) in [5.41, 5.74) is 0. The number of ether oxygens (including phenoxy) is 1. The Bertz CT molecular complexity index is 888. The van der Waals surface area contributed by atoms with Crippen molar-refractivity contribution in [3.8, 4) is 5.75 Å². The fourth-order valence-electron chi connectivity index (χ4n) is 2.17. The van der Waals surface area contributed by atoms with Gasteiger partial charge in [0.15, 0.2) is 13.4 Å². The molecule has 0 aliphatic rings. The van der Waals surface area contributed by atoms with Crippen LogP contribution in [0.25, 0.3) is 0 Å². The Labute approximate surface area is 185 Å². The highest BCUT2D eigenvalue weighted by atomic mass is 127. The van der Waals surface area contributed by atoms with Crippen molar-refractivity contribution in [2.75, 3.05) is 28.2 Å². The molecule has 0 spiro atoms. The molecule has 2 aromatic rings. The molecule has 150 valence electrons. The molecule has 4 heteroatoms. The number of halogens is 1. The molecule has 0 aliphatic carbocycles. The lowest BCUT2D eigenvalue weighted by Gasteiger charge is -2.05. The van der Waals surface area contributed by atoms with Gasteiger partial charge in [-0.2, -0.15) is 0 Å². The summed E-state index contributed by atoms with van der Waals surface area (Å²) in [6.45, 7) is 0. The molecular formula is C25H29IN2O+2. The fourth-order valence-corrected chi connectivity index (χ4v) is 4.39. The second-order valence-corrected chi connectivity index (χ2v) is 9.71. The molecule has 0 aromatic heterocycles. The lowest BCUT2D eigenvalue weighted by molar-refractivity contribution is -0.597. The van der Waals surface area contributed by atoms with E-state index in [1.165, 1.54) is 7.14 Å². The van der Waals surface area contributed by atoms with Gasteiger partial charge in [-0.1, -0.05) is 30.4 Å². The maximum Gasteiger partial charge on any atom is 0.357 e. The van der Waals surface area contributed by atoms with Crippen LogP contribution in [0, 0.1) is 7.14 Å². The van der Waals surface area contributed by atoms with Crippen LogP contribution in [0.3, 0.4) is 0 Å². The summed E-state index contributed by atoms with van der Waals surface area (Å²) in [4.78, 5) is 2.00. The maximum absolute atomic E-state index is 6.09. The van der Waals surface area contributed by atoms with Crippen molar-refractivity contribution in [2.45, 2.75) is 0 Å². The van der Waals surface area contributed by atoms with E-state index in [-0.39, 0.29) is 21.2 Å². The molecule has 0 heterocycles. The molecule has 29 heavy (non-hydrogen) atoms. The Morgan fingerprint density at radius 1 is 0.862 bits per heavy atom. The minimum Gasteiger partial charge on any atom is -0.457 e. The van der Waals surface area contributed by atoms with Crippen molar-refractivity contribution in [1.29, 1.82) is 0 Å². The minimum atomic E-state index is -0.160. The highest BCUT2D eigenvalue weighted by Gasteiger charge is 2.14. The summed E-state index contributed by atoms with van der Waals surface area (Å²) in [7, 11) is 7.99. The van der Waals surface area contributed by atoms with E-state index in [1.807, 2.05) is 98.7 Å². The molecule has 3 nitrogen and oxygen atoms in total. The molecule has 0 fully saturated rings. The summed E-state index contributed by atoms with van der Waals surface area (Å²) >= 11 is -0.160. The first-order valence-electron chi connectivity index (χ1n) is 9.40. The van der Waals surface area contributed by atoms with Crippen LogP contribution in [0.4, 0.5) is 0 Å². The zero-order valence-electron chi connectivity index (χ0n) is 17.5. The lowest BCUT2D eigenvalue weighted by atomic mass is 10.3. The Hall–Kier alpha value is -2.60. The summed E-state index contributed by atoms with van der Waals surface area (Å²) in [5, 5.41) is 0. The predicted molar refractivity (Wildman–Crippen MR) is 118 cm³/mol. The van der Waals surface area contributed by atoms with Crippen molar-refractivity contribution >= 4 is 6.21 Å². The first kappa shape index (κ1) is 22.7. The van der Waals surface area contributed by atoms with Gasteiger partial charge >= 0.3 is 21.2 Å².